The van der Waals surface area contributed by atoms with Gasteiger partial charge in [-0.15, -0.1) is 11.3 Å². The highest BCUT2D eigenvalue weighted by atomic mass is 32.2. The van der Waals surface area contributed by atoms with Crippen LogP contribution in [0.2, 0.25) is 0 Å². The Morgan fingerprint density at radius 3 is 2.50 bits per heavy atom. The molecule has 0 amide bonds. The fourth-order valence-electron chi connectivity index (χ4n) is 3.05. The maximum atomic E-state index is 13.3. The second kappa shape index (κ2) is 6.82. The molecule has 26 heavy (non-hydrogen) atoms. The van der Waals surface area contributed by atoms with E-state index < -0.39 is 33.6 Å². The molecule has 3 rings (SSSR count). The number of anilines is 1. The Hall–Kier alpha value is -1.65. The Morgan fingerprint density at radius 1 is 1.19 bits per heavy atom. The number of halogens is 4. The number of hydrogen-bond donors (Lipinski definition) is 0. The second-order valence-electron chi connectivity index (χ2n) is 6.00. The molecule has 1 atom stereocenters. The summed E-state index contributed by atoms with van der Waals surface area (Å²) < 4.78 is 79.8. The molecule has 1 aliphatic heterocycles. The molecule has 0 unspecified atom stereocenters. The van der Waals surface area contributed by atoms with E-state index in [4.69, 9.17) is 0 Å². The lowest BCUT2D eigenvalue weighted by molar-refractivity contribution is -0.137. The normalized spacial score (nSPS) is 19.7. The molecule has 4 nitrogen and oxygen atoms in total. The number of benzene rings is 1. The summed E-state index contributed by atoms with van der Waals surface area (Å²) in [6, 6.07) is 5.14. The van der Waals surface area contributed by atoms with Crippen molar-refractivity contribution in [2.45, 2.75) is 23.4 Å². The molecule has 1 aromatic heterocycles. The first-order valence-corrected chi connectivity index (χ1v) is 10.1. The van der Waals surface area contributed by atoms with Crippen molar-refractivity contribution in [2.24, 2.45) is 0 Å². The third-order valence-electron chi connectivity index (χ3n) is 4.23. The van der Waals surface area contributed by atoms with Crippen molar-refractivity contribution < 1.29 is 26.0 Å². The lowest BCUT2D eigenvalue weighted by atomic mass is 10.1. The summed E-state index contributed by atoms with van der Waals surface area (Å²) in [5, 5.41) is 1.65. The first kappa shape index (κ1) is 19.1. The zero-order valence-electron chi connectivity index (χ0n) is 13.7. The monoisotopic (exact) mass is 408 g/mol. The molecule has 1 aliphatic rings. The average Bonchev–Trinajstić information content (AvgIpc) is 3.09. The third-order valence-corrected chi connectivity index (χ3v) is 7.62. The van der Waals surface area contributed by atoms with Gasteiger partial charge in [0.25, 0.3) is 10.0 Å². The zero-order chi connectivity index (χ0) is 19.1. The molecule has 10 heteroatoms. The van der Waals surface area contributed by atoms with Crippen molar-refractivity contribution in [3.8, 4) is 0 Å². The Morgan fingerprint density at radius 2 is 1.92 bits per heavy atom. The molecule has 1 aromatic carbocycles. The Bertz CT molecular complexity index is 882. The molecule has 1 fully saturated rings. The van der Waals surface area contributed by atoms with Crippen LogP contribution in [0.5, 0.6) is 0 Å². The molecule has 0 N–H and O–H groups in total. The zero-order valence-corrected chi connectivity index (χ0v) is 15.3. The molecule has 1 saturated heterocycles. The predicted octanol–water partition coefficient (Wildman–Crippen LogP) is 3.81. The van der Waals surface area contributed by atoms with Crippen LogP contribution in [0.15, 0.2) is 39.9 Å². The summed E-state index contributed by atoms with van der Waals surface area (Å²) in [6.45, 7) is 1.87. The van der Waals surface area contributed by atoms with E-state index in [1.807, 2.05) is 0 Å². The molecule has 2 heterocycles. The van der Waals surface area contributed by atoms with Crippen LogP contribution in [0.4, 0.5) is 23.2 Å². The van der Waals surface area contributed by atoms with Gasteiger partial charge in [-0.1, -0.05) is 6.07 Å². The van der Waals surface area contributed by atoms with Crippen LogP contribution in [-0.2, 0) is 16.2 Å². The molecule has 0 aliphatic carbocycles. The number of nitrogens with zero attached hydrogens (tertiary/aromatic N) is 2. The van der Waals surface area contributed by atoms with Crippen LogP contribution in [0.25, 0.3) is 0 Å². The molecule has 0 saturated carbocycles. The van der Waals surface area contributed by atoms with E-state index in [1.54, 1.807) is 18.4 Å². The lowest BCUT2D eigenvalue weighted by Gasteiger charge is -2.40. The number of sulfonamides is 1. The summed E-state index contributed by atoms with van der Waals surface area (Å²) in [5.41, 5.74) is -1.20. The van der Waals surface area contributed by atoms with Gasteiger partial charge in [-0.3, -0.25) is 0 Å². The van der Waals surface area contributed by atoms with E-state index in [0.717, 1.165) is 23.5 Å². The minimum atomic E-state index is -4.69. The van der Waals surface area contributed by atoms with E-state index in [-0.39, 0.29) is 29.5 Å². The summed E-state index contributed by atoms with van der Waals surface area (Å²) >= 11 is 1.10. The highest BCUT2D eigenvalue weighted by molar-refractivity contribution is 7.91. The molecule has 142 valence electrons. The topological polar surface area (TPSA) is 40.6 Å². The van der Waals surface area contributed by atoms with Gasteiger partial charge in [-0.2, -0.15) is 17.5 Å². The molecular weight excluding hydrogens is 392 g/mol. The highest BCUT2D eigenvalue weighted by Gasteiger charge is 2.39. The first-order valence-electron chi connectivity index (χ1n) is 7.78. The van der Waals surface area contributed by atoms with Crippen molar-refractivity contribution in [1.29, 1.82) is 0 Å². The van der Waals surface area contributed by atoms with Crippen molar-refractivity contribution >= 4 is 27.0 Å². The van der Waals surface area contributed by atoms with E-state index in [9.17, 15) is 26.0 Å². The largest absolute Gasteiger partial charge is 0.418 e. The summed E-state index contributed by atoms with van der Waals surface area (Å²) in [7, 11) is -3.68. The van der Waals surface area contributed by atoms with E-state index in [0.29, 0.717) is 6.07 Å². The van der Waals surface area contributed by atoms with E-state index in [1.165, 1.54) is 15.3 Å². The third kappa shape index (κ3) is 3.58. The number of thiophene rings is 1. The van der Waals surface area contributed by atoms with Gasteiger partial charge >= 0.3 is 6.18 Å². The van der Waals surface area contributed by atoms with Crippen molar-refractivity contribution in [3.63, 3.8) is 0 Å². The second-order valence-corrected chi connectivity index (χ2v) is 9.07. The van der Waals surface area contributed by atoms with Crippen LogP contribution in [0.3, 0.4) is 0 Å². The minimum Gasteiger partial charge on any atom is -0.368 e. The maximum Gasteiger partial charge on any atom is 0.418 e. The van der Waals surface area contributed by atoms with Gasteiger partial charge in [0, 0.05) is 31.4 Å². The smallest absolute Gasteiger partial charge is 0.368 e. The summed E-state index contributed by atoms with van der Waals surface area (Å²) in [5.74, 6) is -0.965. The number of hydrogen-bond acceptors (Lipinski definition) is 4. The Balaban J connectivity index is 1.86. The number of rotatable bonds is 3. The quantitative estimate of drug-likeness (QED) is 0.726. The molecular formula is C16H16F4N2O2S2. The minimum absolute atomic E-state index is 0.0517. The fraction of sp³-hybridized carbons (Fsp3) is 0.375. The van der Waals surface area contributed by atoms with Gasteiger partial charge in [0.2, 0.25) is 0 Å². The van der Waals surface area contributed by atoms with E-state index >= 15 is 0 Å². The van der Waals surface area contributed by atoms with Gasteiger partial charge < -0.3 is 4.90 Å². The Labute approximate surface area is 152 Å². The summed E-state index contributed by atoms with van der Waals surface area (Å²) in [6.07, 6.45) is -4.69. The highest BCUT2D eigenvalue weighted by Crippen LogP contribution is 2.38. The van der Waals surface area contributed by atoms with Crippen LogP contribution < -0.4 is 4.90 Å². The average molecular weight is 408 g/mol. The SMILES string of the molecule is C[C@@H]1CN(c2ccc(F)cc2C(F)(F)F)CCN1S(=O)(=O)c1cccs1. The molecule has 2 aromatic rings. The first-order chi connectivity index (χ1) is 12.1. The molecule has 0 spiro atoms. The van der Waals surface area contributed by atoms with Crippen LogP contribution >= 0.6 is 11.3 Å². The van der Waals surface area contributed by atoms with Gasteiger partial charge in [0.1, 0.15) is 10.0 Å². The molecule has 0 radical (unpaired) electrons. The van der Waals surface area contributed by atoms with Crippen molar-refractivity contribution in [2.75, 3.05) is 24.5 Å². The van der Waals surface area contributed by atoms with Crippen LogP contribution in [0.1, 0.15) is 12.5 Å². The molecule has 0 bridgehead atoms. The van der Waals surface area contributed by atoms with Gasteiger partial charge in [0.15, 0.2) is 0 Å². The van der Waals surface area contributed by atoms with Gasteiger partial charge in [-0.25, -0.2) is 12.8 Å². The van der Waals surface area contributed by atoms with Crippen LogP contribution in [-0.4, -0.2) is 38.4 Å². The summed E-state index contributed by atoms with van der Waals surface area (Å²) in [4.78, 5) is 1.45. The predicted molar refractivity (Wildman–Crippen MR) is 91.3 cm³/mol. The van der Waals surface area contributed by atoms with Crippen LogP contribution in [0, 0.1) is 5.82 Å². The van der Waals surface area contributed by atoms with Crippen molar-refractivity contribution in [1.82, 2.24) is 4.31 Å². The Kier molecular flexibility index (Phi) is 5.02. The van der Waals surface area contributed by atoms with Crippen molar-refractivity contribution in [3.05, 3.63) is 47.1 Å². The lowest BCUT2D eigenvalue weighted by Crippen LogP contribution is -2.54. The maximum absolute atomic E-state index is 13.3. The van der Waals surface area contributed by atoms with Gasteiger partial charge in [-0.05, 0) is 36.6 Å². The number of alkyl halides is 3. The fourth-order valence-corrected chi connectivity index (χ4v) is 5.79. The standard InChI is InChI=1S/C16H16F4N2O2S2/c1-11-10-21(14-5-4-12(17)9-13(14)16(18,19)20)6-7-22(11)26(23,24)15-3-2-8-25-15/h2-5,8-9,11H,6-7,10H2,1H3/t11-/m1/s1. The number of piperazine rings is 1. The van der Waals surface area contributed by atoms with E-state index in [2.05, 4.69) is 0 Å². The van der Waals surface area contributed by atoms with Gasteiger partial charge in [0.05, 0.1) is 5.56 Å².